The molecule has 4 nitrogen and oxygen atoms in total. The summed E-state index contributed by atoms with van der Waals surface area (Å²) in [6.07, 6.45) is 0. The summed E-state index contributed by atoms with van der Waals surface area (Å²) in [5.74, 6) is 0. The summed E-state index contributed by atoms with van der Waals surface area (Å²) in [5.41, 5.74) is 0. The maximum absolute atomic E-state index is 9.18. The molecule has 0 atom stereocenters. The predicted molar refractivity (Wildman–Crippen MR) is 18.6 cm³/mol. The molecule has 0 bridgehead atoms. The number of hydrogen-bond acceptors (Lipinski definition) is 3. The molecule has 0 fully saturated rings. The van der Waals surface area contributed by atoms with Crippen molar-refractivity contribution in [1.29, 1.82) is 0 Å². The van der Waals surface area contributed by atoms with Crippen LogP contribution in [0.4, 0.5) is 0 Å². The summed E-state index contributed by atoms with van der Waals surface area (Å²) in [7, 11) is 0. The van der Waals surface area contributed by atoms with E-state index in [2.05, 4.69) is 4.84 Å². The zero-order valence-electron chi connectivity index (χ0n) is 3.88. The Morgan fingerprint density at radius 2 is 2.29 bits per heavy atom. The summed E-state index contributed by atoms with van der Waals surface area (Å²) in [6, 6.07) is 0. The molecule has 0 amide bonds. The summed E-state index contributed by atoms with van der Waals surface area (Å²) < 4.78 is 0. The quantitative estimate of drug-likeness (QED) is 0.504. The SMILES string of the molecule is CCO[N+](=O)[O-].[Ce]. The molecule has 0 radical (unpaired) electrons. The first kappa shape index (κ1) is 10.5. The van der Waals surface area contributed by atoms with Crippen molar-refractivity contribution in [1.82, 2.24) is 0 Å². The standard InChI is InChI=1S/C2H5NO3.Ce/c1-2-6-3(4)5;/h2H2,1H3;. The minimum Gasteiger partial charge on any atom is -0.314 e. The first-order valence-electron chi connectivity index (χ1n) is 1.54. The van der Waals surface area contributed by atoms with Crippen molar-refractivity contribution in [2.75, 3.05) is 6.61 Å². The van der Waals surface area contributed by atoms with Crippen LogP contribution in [-0.2, 0) is 4.84 Å². The number of hydrogen-bond donors (Lipinski definition) is 0. The van der Waals surface area contributed by atoms with Crippen LogP contribution in [0.25, 0.3) is 0 Å². The minimum atomic E-state index is -0.819. The third-order valence-electron chi connectivity index (χ3n) is 0.235. The molecule has 5 heteroatoms. The third-order valence-corrected chi connectivity index (χ3v) is 0.235. The van der Waals surface area contributed by atoms with Gasteiger partial charge in [0.1, 0.15) is 0 Å². The Morgan fingerprint density at radius 3 is 2.29 bits per heavy atom. The van der Waals surface area contributed by atoms with E-state index in [9.17, 15) is 10.1 Å². The van der Waals surface area contributed by atoms with Crippen LogP contribution in [0.2, 0.25) is 0 Å². The Hall–Kier alpha value is 0.577. The first-order valence-corrected chi connectivity index (χ1v) is 1.54. The predicted octanol–water partition coefficient (Wildman–Crippen LogP) is 0.215. The molecular weight excluding hydrogens is 226 g/mol. The Balaban J connectivity index is 0. The van der Waals surface area contributed by atoms with Gasteiger partial charge < -0.3 is 4.84 Å². The van der Waals surface area contributed by atoms with E-state index in [0.29, 0.717) is 0 Å². The van der Waals surface area contributed by atoms with E-state index in [4.69, 9.17) is 0 Å². The molecule has 0 unspecified atom stereocenters. The maximum atomic E-state index is 9.18. The molecule has 0 saturated heterocycles. The largest absolute Gasteiger partial charge is 0.314 e. The van der Waals surface area contributed by atoms with Gasteiger partial charge in [-0.1, -0.05) is 0 Å². The van der Waals surface area contributed by atoms with Gasteiger partial charge in [0.25, 0.3) is 5.09 Å². The fourth-order valence-corrected chi connectivity index (χ4v) is 0.105. The molecule has 0 aromatic heterocycles. The van der Waals surface area contributed by atoms with Gasteiger partial charge in [0, 0.05) is 41.7 Å². The van der Waals surface area contributed by atoms with Crippen molar-refractivity contribution in [3.63, 3.8) is 0 Å². The molecule has 0 N–H and O–H groups in total. The Kier molecular flexibility index (Phi) is 9.90. The fourth-order valence-electron chi connectivity index (χ4n) is 0.105. The van der Waals surface area contributed by atoms with Crippen molar-refractivity contribution >= 4 is 0 Å². The second kappa shape index (κ2) is 6.58. The van der Waals surface area contributed by atoms with Gasteiger partial charge in [-0.15, -0.1) is 10.1 Å². The zero-order valence-corrected chi connectivity index (χ0v) is 7.02. The molecular formula is C2H5CeNO3. The van der Waals surface area contributed by atoms with Crippen LogP contribution in [0.1, 0.15) is 6.92 Å². The van der Waals surface area contributed by atoms with Gasteiger partial charge in [-0.2, -0.15) is 0 Å². The van der Waals surface area contributed by atoms with Crippen LogP contribution in [0, 0.1) is 51.9 Å². The Bertz CT molecular complexity index is 56.9. The van der Waals surface area contributed by atoms with E-state index < -0.39 is 5.09 Å². The van der Waals surface area contributed by atoms with Crippen LogP contribution in [0.15, 0.2) is 0 Å². The average molecular weight is 231 g/mol. The van der Waals surface area contributed by atoms with Crippen molar-refractivity contribution in [2.24, 2.45) is 0 Å². The van der Waals surface area contributed by atoms with Gasteiger partial charge in [-0.25, -0.2) is 0 Å². The summed E-state index contributed by atoms with van der Waals surface area (Å²) in [6.45, 7) is 1.69. The van der Waals surface area contributed by atoms with Crippen LogP contribution in [-0.4, -0.2) is 11.7 Å². The van der Waals surface area contributed by atoms with Crippen LogP contribution >= 0.6 is 0 Å². The molecule has 0 aliphatic heterocycles. The van der Waals surface area contributed by atoms with Gasteiger partial charge in [-0.05, 0) is 6.92 Å². The van der Waals surface area contributed by atoms with E-state index in [0.717, 1.165) is 0 Å². The Morgan fingerprint density at radius 1 is 1.86 bits per heavy atom. The van der Waals surface area contributed by atoms with E-state index in [1.807, 2.05) is 0 Å². The second-order valence-corrected chi connectivity index (χ2v) is 0.641. The molecule has 0 aliphatic carbocycles. The third kappa shape index (κ3) is 10.8. The maximum Gasteiger partial charge on any atom is 0.294 e. The van der Waals surface area contributed by atoms with Crippen LogP contribution in [0.3, 0.4) is 0 Å². The normalized spacial score (nSPS) is 6.43. The van der Waals surface area contributed by atoms with E-state index in [1.54, 1.807) is 6.92 Å². The molecule has 7 heavy (non-hydrogen) atoms. The van der Waals surface area contributed by atoms with E-state index in [-0.39, 0.29) is 48.4 Å². The average Bonchev–Trinajstić information content (AvgIpc) is 1.35. The summed E-state index contributed by atoms with van der Waals surface area (Å²) in [5, 5.41) is 8.36. The van der Waals surface area contributed by atoms with Crippen molar-refractivity contribution in [3.8, 4) is 0 Å². The van der Waals surface area contributed by atoms with Gasteiger partial charge in [-0.3, -0.25) is 0 Å². The van der Waals surface area contributed by atoms with Crippen LogP contribution < -0.4 is 0 Å². The van der Waals surface area contributed by atoms with Crippen LogP contribution in [0.5, 0.6) is 0 Å². The first-order chi connectivity index (χ1) is 2.77. The molecule has 0 aromatic carbocycles. The Labute approximate surface area is 74.7 Å². The molecule has 0 heterocycles. The molecule has 0 saturated carbocycles. The minimum absolute atomic E-state index is 0. The van der Waals surface area contributed by atoms with Crippen molar-refractivity contribution in [2.45, 2.75) is 6.92 Å². The van der Waals surface area contributed by atoms with Crippen molar-refractivity contribution < 1.29 is 51.7 Å². The monoisotopic (exact) mass is 231 g/mol. The smallest absolute Gasteiger partial charge is 0.294 e. The molecule has 0 aliphatic rings. The van der Waals surface area contributed by atoms with Gasteiger partial charge >= 0.3 is 0 Å². The van der Waals surface area contributed by atoms with E-state index >= 15 is 0 Å². The molecule has 0 spiro atoms. The van der Waals surface area contributed by atoms with Gasteiger partial charge in [0.05, 0.1) is 6.61 Å². The molecule has 0 aromatic rings. The van der Waals surface area contributed by atoms with Gasteiger partial charge in [0.2, 0.25) is 0 Å². The summed E-state index contributed by atoms with van der Waals surface area (Å²) in [4.78, 5) is 12.9. The van der Waals surface area contributed by atoms with Gasteiger partial charge in [0.15, 0.2) is 0 Å². The summed E-state index contributed by atoms with van der Waals surface area (Å²) >= 11 is 0. The zero-order chi connectivity index (χ0) is 4.99. The molecule has 0 rings (SSSR count). The fraction of sp³-hybridized carbons (Fsp3) is 1.00. The second-order valence-electron chi connectivity index (χ2n) is 0.641. The van der Waals surface area contributed by atoms with Crippen molar-refractivity contribution in [3.05, 3.63) is 10.1 Å². The molecule has 40 valence electrons. The topological polar surface area (TPSA) is 52.4 Å². The van der Waals surface area contributed by atoms with E-state index in [1.165, 1.54) is 0 Å². The number of nitrogens with zero attached hydrogens (tertiary/aromatic N) is 1. The number of rotatable bonds is 2.